The number of nitrogens with zero attached hydrogens (tertiary/aromatic N) is 1. The quantitative estimate of drug-likeness (QED) is 0.756. The van der Waals surface area contributed by atoms with Gasteiger partial charge in [0.2, 0.25) is 0 Å². The molecule has 148 valence electrons. The Morgan fingerprint density at radius 3 is 2.33 bits per heavy atom. The molecule has 27 heavy (non-hydrogen) atoms. The first-order valence-electron chi connectivity index (χ1n) is 9.43. The summed E-state index contributed by atoms with van der Waals surface area (Å²) in [5.74, 6) is 0. The first-order chi connectivity index (χ1) is 12.6. The molecule has 3 N–H and O–H groups in total. The van der Waals surface area contributed by atoms with Crippen LogP contribution in [-0.4, -0.2) is 53.1 Å². The standard InChI is InChI=1S/C20H29N3O4/c1-18(2,3)27-16(24)22-20(13-15-7-5-4-6-8-15)19(14-21-20)9-11-23(12-10-19)17(25)26/h4-8,21H,9-14H2,1-3H3,(H,22,24)(H,25,26). The minimum absolute atomic E-state index is 0.189. The Labute approximate surface area is 160 Å². The number of benzene rings is 1. The van der Waals surface area contributed by atoms with Gasteiger partial charge >= 0.3 is 12.2 Å². The largest absolute Gasteiger partial charge is 0.465 e. The van der Waals surface area contributed by atoms with Gasteiger partial charge in [-0.25, -0.2) is 9.59 Å². The van der Waals surface area contributed by atoms with E-state index in [1.807, 2.05) is 51.1 Å². The van der Waals surface area contributed by atoms with Crippen molar-refractivity contribution in [2.75, 3.05) is 19.6 Å². The minimum atomic E-state index is -0.883. The fourth-order valence-corrected chi connectivity index (χ4v) is 4.13. The highest BCUT2D eigenvalue weighted by Crippen LogP contribution is 2.48. The summed E-state index contributed by atoms with van der Waals surface area (Å²) in [5, 5.41) is 15.8. The van der Waals surface area contributed by atoms with Crippen LogP contribution in [0.25, 0.3) is 0 Å². The summed E-state index contributed by atoms with van der Waals surface area (Å²) < 4.78 is 5.51. The minimum Gasteiger partial charge on any atom is -0.465 e. The third-order valence-corrected chi connectivity index (χ3v) is 5.65. The average molecular weight is 375 g/mol. The number of amides is 2. The van der Waals surface area contributed by atoms with Crippen molar-refractivity contribution in [1.82, 2.24) is 15.5 Å². The summed E-state index contributed by atoms with van der Waals surface area (Å²) in [4.78, 5) is 25.3. The lowest BCUT2D eigenvalue weighted by Gasteiger charge is -2.62. The number of piperidine rings is 1. The van der Waals surface area contributed by atoms with Gasteiger partial charge in [-0.1, -0.05) is 30.3 Å². The number of nitrogens with one attached hydrogen (secondary N) is 2. The molecule has 1 spiro atoms. The van der Waals surface area contributed by atoms with Crippen molar-refractivity contribution in [2.24, 2.45) is 5.41 Å². The van der Waals surface area contributed by atoms with E-state index in [2.05, 4.69) is 10.6 Å². The number of carbonyl (C=O) groups is 2. The summed E-state index contributed by atoms with van der Waals surface area (Å²) in [6.07, 6.45) is 0.695. The second-order valence-electron chi connectivity index (χ2n) is 8.60. The SMILES string of the molecule is CC(C)(C)OC(=O)NC1(Cc2ccccc2)NCC12CCN(C(=O)O)CC2. The molecular weight excluding hydrogens is 346 g/mol. The lowest BCUT2D eigenvalue weighted by molar-refractivity contribution is -0.0846. The van der Waals surface area contributed by atoms with E-state index >= 15 is 0 Å². The Kier molecular flexibility index (Phi) is 5.08. The zero-order chi connectivity index (χ0) is 19.7. The molecule has 0 radical (unpaired) electrons. The van der Waals surface area contributed by atoms with Gasteiger partial charge in [0.15, 0.2) is 0 Å². The fraction of sp³-hybridized carbons (Fsp3) is 0.600. The zero-order valence-electron chi connectivity index (χ0n) is 16.2. The maximum absolute atomic E-state index is 12.6. The number of carboxylic acid groups (broad SMARTS) is 1. The molecule has 1 aromatic rings. The number of rotatable bonds is 3. The van der Waals surface area contributed by atoms with Gasteiger partial charge in [0.1, 0.15) is 11.3 Å². The van der Waals surface area contributed by atoms with Gasteiger partial charge in [-0.2, -0.15) is 0 Å². The van der Waals surface area contributed by atoms with Gasteiger partial charge in [0.05, 0.1) is 0 Å². The van der Waals surface area contributed by atoms with Gasteiger partial charge in [-0.05, 0) is 39.2 Å². The molecule has 1 aromatic carbocycles. The van der Waals surface area contributed by atoms with Crippen LogP contribution in [0.3, 0.4) is 0 Å². The van der Waals surface area contributed by atoms with Crippen LogP contribution < -0.4 is 10.6 Å². The van der Waals surface area contributed by atoms with Crippen molar-refractivity contribution in [3.8, 4) is 0 Å². The Hall–Kier alpha value is -2.28. The van der Waals surface area contributed by atoms with E-state index in [1.165, 1.54) is 4.90 Å². The molecule has 0 aliphatic carbocycles. The highest BCUT2D eigenvalue weighted by atomic mass is 16.6. The van der Waals surface area contributed by atoms with E-state index in [9.17, 15) is 14.7 Å². The van der Waals surface area contributed by atoms with Crippen LogP contribution >= 0.6 is 0 Å². The van der Waals surface area contributed by atoms with E-state index in [1.54, 1.807) is 0 Å². The van der Waals surface area contributed by atoms with Crippen LogP contribution in [0.5, 0.6) is 0 Å². The van der Waals surface area contributed by atoms with Crippen LogP contribution in [0.1, 0.15) is 39.2 Å². The zero-order valence-corrected chi connectivity index (χ0v) is 16.2. The van der Waals surface area contributed by atoms with Crippen molar-refractivity contribution in [3.05, 3.63) is 35.9 Å². The molecule has 2 aliphatic rings. The number of likely N-dealkylation sites (tertiary alicyclic amines) is 1. The van der Waals surface area contributed by atoms with Crippen molar-refractivity contribution in [3.63, 3.8) is 0 Å². The maximum atomic E-state index is 12.6. The monoisotopic (exact) mass is 375 g/mol. The Bertz CT molecular complexity index is 693. The number of ether oxygens (including phenoxy) is 1. The summed E-state index contributed by atoms with van der Waals surface area (Å²) in [6.45, 7) is 7.22. The molecule has 2 amide bonds. The van der Waals surface area contributed by atoms with Gasteiger partial charge in [-0.15, -0.1) is 0 Å². The summed E-state index contributed by atoms with van der Waals surface area (Å²) in [6, 6.07) is 10.0. The molecule has 2 saturated heterocycles. The molecule has 0 saturated carbocycles. The van der Waals surface area contributed by atoms with E-state index in [-0.39, 0.29) is 5.41 Å². The third-order valence-electron chi connectivity index (χ3n) is 5.65. The van der Waals surface area contributed by atoms with Gasteiger partial charge in [-0.3, -0.25) is 5.32 Å². The first kappa shape index (κ1) is 19.5. The van der Waals surface area contributed by atoms with E-state index in [0.29, 0.717) is 32.4 Å². The van der Waals surface area contributed by atoms with Gasteiger partial charge < -0.3 is 20.1 Å². The number of hydrogen-bond acceptors (Lipinski definition) is 4. The molecule has 7 nitrogen and oxygen atoms in total. The molecule has 2 fully saturated rings. The number of carbonyl (C=O) groups excluding carboxylic acids is 1. The normalized spacial score (nSPS) is 24.2. The summed E-state index contributed by atoms with van der Waals surface area (Å²) >= 11 is 0. The van der Waals surface area contributed by atoms with Gasteiger partial charge in [0.25, 0.3) is 0 Å². The lowest BCUT2D eigenvalue weighted by Crippen LogP contribution is -2.82. The van der Waals surface area contributed by atoms with Crippen molar-refractivity contribution < 1.29 is 19.4 Å². The van der Waals surface area contributed by atoms with Crippen LogP contribution in [-0.2, 0) is 11.2 Å². The van der Waals surface area contributed by atoms with Crippen LogP contribution in [0.15, 0.2) is 30.3 Å². The molecular formula is C20H29N3O4. The lowest BCUT2D eigenvalue weighted by atomic mass is 9.60. The Morgan fingerprint density at radius 1 is 1.22 bits per heavy atom. The highest BCUT2D eigenvalue weighted by molar-refractivity contribution is 5.69. The van der Waals surface area contributed by atoms with E-state index in [0.717, 1.165) is 12.1 Å². The predicted octanol–water partition coefficient (Wildman–Crippen LogP) is 2.81. The number of alkyl carbamates (subject to hydrolysis) is 1. The molecule has 0 bridgehead atoms. The Morgan fingerprint density at radius 2 is 1.85 bits per heavy atom. The molecule has 1 atom stereocenters. The second kappa shape index (κ2) is 7.03. The third kappa shape index (κ3) is 4.03. The molecule has 7 heteroatoms. The molecule has 0 aromatic heterocycles. The smallest absolute Gasteiger partial charge is 0.409 e. The Balaban J connectivity index is 1.82. The van der Waals surface area contributed by atoms with Crippen molar-refractivity contribution in [1.29, 1.82) is 0 Å². The molecule has 2 heterocycles. The fourth-order valence-electron chi connectivity index (χ4n) is 4.13. The topological polar surface area (TPSA) is 90.9 Å². The maximum Gasteiger partial charge on any atom is 0.409 e. The highest BCUT2D eigenvalue weighted by Gasteiger charge is 2.60. The van der Waals surface area contributed by atoms with Crippen molar-refractivity contribution >= 4 is 12.2 Å². The second-order valence-corrected chi connectivity index (χ2v) is 8.60. The van der Waals surface area contributed by atoms with Crippen LogP contribution in [0.4, 0.5) is 9.59 Å². The molecule has 2 aliphatic heterocycles. The van der Waals surface area contributed by atoms with Crippen LogP contribution in [0, 0.1) is 5.41 Å². The van der Waals surface area contributed by atoms with Crippen molar-refractivity contribution in [2.45, 2.75) is 51.3 Å². The van der Waals surface area contributed by atoms with E-state index in [4.69, 9.17) is 4.74 Å². The molecule has 3 rings (SSSR count). The summed E-state index contributed by atoms with van der Waals surface area (Å²) in [7, 11) is 0. The van der Waals surface area contributed by atoms with E-state index < -0.39 is 23.5 Å². The summed E-state index contributed by atoms with van der Waals surface area (Å²) in [5.41, 5.74) is -0.296. The van der Waals surface area contributed by atoms with Crippen LogP contribution in [0.2, 0.25) is 0 Å². The van der Waals surface area contributed by atoms with Gasteiger partial charge in [0, 0.05) is 31.5 Å². The first-order valence-corrected chi connectivity index (χ1v) is 9.43. The predicted molar refractivity (Wildman–Crippen MR) is 102 cm³/mol. The number of hydrogen-bond donors (Lipinski definition) is 3. The average Bonchev–Trinajstić information content (AvgIpc) is 2.59. The molecule has 1 unspecified atom stereocenters.